The molecule has 0 radical (unpaired) electrons. The molecule has 0 spiro atoms. The van der Waals surface area contributed by atoms with Gasteiger partial charge in [-0.1, -0.05) is 30.3 Å². The molecular formula is C16H17ClO3. The number of rotatable bonds is 5. The van der Waals surface area contributed by atoms with E-state index in [1.54, 1.807) is 21.3 Å². The molecule has 0 saturated carbocycles. The van der Waals surface area contributed by atoms with E-state index < -0.39 is 0 Å². The minimum absolute atomic E-state index is 0.314. The van der Waals surface area contributed by atoms with Crippen LogP contribution in [0.1, 0.15) is 16.5 Å². The summed E-state index contributed by atoms with van der Waals surface area (Å²) in [6, 6.07) is 13.6. The molecule has 0 amide bonds. The molecule has 0 bridgehead atoms. The zero-order valence-corrected chi connectivity index (χ0v) is 12.5. The van der Waals surface area contributed by atoms with Crippen molar-refractivity contribution in [3.8, 4) is 17.2 Å². The van der Waals surface area contributed by atoms with Gasteiger partial charge in [0.15, 0.2) is 11.5 Å². The first-order valence-corrected chi connectivity index (χ1v) is 6.64. The highest BCUT2D eigenvalue weighted by molar-refractivity contribution is 6.22. The van der Waals surface area contributed by atoms with Gasteiger partial charge in [-0.2, -0.15) is 0 Å². The van der Waals surface area contributed by atoms with E-state index in [0.717, 1.165) is 11.1 Å². The Kier molecular flexibility index (Phi) is 4.74. The molecule has 0 aliphatic carbocycles. The van der Waals surface area contributed by atoms with E-state index in [4.69, 9.17) is 25.8 Å². The Hall–Kier alpha value is -1.87. The van der Waals surface area contributed by atoms with Gasteiger partial charge in [0.25, 0.3) is 0 Å². The van der Waals surface area contributed by atoms with Crippen LogP contribution in [0.25, 0.3) is 0 Å². The van der Waals surface area contributed by atoms with Gasteiger partial charge in [-0.3, -0.25) is 0 Å². The lowest BCUT2D eigenvalue weighted by atomic mass is 10.0. The smallest absolute Gasteiger partial charge is 0.203 e. The van der Waals surface area contributed by atoms with Crippen LogP contribution in [0.5, 0.6) is 17.2 Å². The highest BCUT2D eigenvalue weighted by Crippen LogP contribution is 2.45. The molecule has 106 valence electrons. The normalized spacial score (nSPS) is 11.8. The maximum Gasteiger partial charge on any atom is 0.203 e. The van der Waals surface area contributed by atoms with Crippen LogP contribution in [-0.4, -0.2) is 21.3 Å². The molecule has 0 aromatic heterocycles. The number of hydrogen-bond acceptors (Lipinski definition) is 3. The van der Waals surface area contributed by atoms with Gasteiger partial charge in [0.05, 0.1) is 26.7 Å². The molecule has 1 atom stereocenters. The van der Waals surface area contributed by atoms with E-state index in [1.807, 2.05) is 42.5 Å². The minimum Gasteiger partial charge on any atom is -0.493 e. The quantitative estimate of drug-likeness (QED) is 0.779. The molecule has 0 fully saturated rings. The maximum absolute atomic E-state index is 6.56. The molecule has 2 rings (SSSR count). The van der Waals surface area contributed by atoms with Crippen LogP contribution in [0.4, 0.5) is 0 Å². The van der Waals surface area contributed by atoms with Crippen molar-refractivity contribution in [3.05, 3.63) is 53.6 Å². The topological polar surface area (TPSA) is 27.7 Å². The Morgan fingerprint density at radius 2 is 1.45 bits per heavy atom. The third kappa shape index (κ3) is 2.68. The lowest BCUT2D eigenvalue weighted by molar-refractivity contribution is 0.322. The Morgan fingerprint density at radius 3 is 2.00 bits per heavy atom. The fourth-order valence-electron chi connectivity index (χ4n) is 2.13. The summed E-state index contributed by atoms with van der Waals surface area (Å²) in [6.07, 6.45) is 0. The predicted octanol–water partition coefficient (Wildman–Crippen LogP) is 4.04. The molecule has 0 N–H and O–H groups in total. The first-order chi connectivity index (χ1) is 9.72. The summed E-state index contributed by atoms with van der Waals surface area (Å²) in [7, 11) is 4.76. The Balaban J connectivity index is 2.51. The molecule has 0 heterocycles. The maximum atomic E-state index is 6.56. The largest absolute Gasteiger partial charge is 0.493 e. The highest BCUT2D eigenvalue weighted by atomic mass is 35.5. The van der Waals surface area contributed by atoms with Gasteiger partial charge in [-0.15, -0.1) is 11.6 Å². The van der Waals surface area contributed by atoms with E-state index in [-0.39, 0.29) is 5.38 Å². The van der Waals surface area contributed by atoms with Gasteiger partial charge in [-0.05, 0) is 17.7 Å². The van der Waals surface area contributed by atoms with Crippen LogP contribution in [0.15, 0.2) is 42.5 Å². The van der Waals surface area contributed by atoms with Gasteiger partial charge >= 0.3 is 0 Å². The van der Waals surface area contributed by atoms with Crippen molar-refractivity contribution in [2.45, 2.75) is 5.38 Å². The van der Waals surface area contributed by atoms with Gasteiger partial charge < -0.3 is 14.2 Å². The average Bonchev–Trinajstić information content (AvgIpc) is 2.53. The summed E-state index contributed by atoms with van der Waals surface area (Å²) in [5, 5.41) is -0.314. The Morgan fingerprint density at radius 1 is 0.800 bits per heavy atom. The van der Waals surface area contributed by atoms with Gasteiger partial charge in [0.1, 0.15) is 0 Å². The van der Waals surface area contributed by atoms with E-state index in [2.05, 4.69) is 0 Å². The van der Waals surface area contributed by atoms with Crippen molar-refractivity contribution in [2.24, 2.45) is 0 Å². The monoisotopic (exact) mass is 292 g/mol. The standard InChI is InChI=1S/C16H17ClO3/c1-18-13-10-9-12(15(19-2)16(13)20-3)14(17)11-7-5-4-6-8-11/h4-10,14H,1-3H3. The molecule has 0 saturated heterocycles. The summed E-state index contributed by atoms with van der Waals surface area (Å²) < 4.78 is 16.1. The second kappa shape index (κ2) is 6.53. The third-order valence-electron chi connectivity index (χ3n) is 3.10. The summed E-state index contributed by atoms with van der Waals surface area (Å²) in [5.41, 5.74) is 1.85. The molecule has 3 nitrogen and oxygen atoms in total. The number of halogens is 1. The molecule has 1 unspecified atom stereocenters. The van der Waals surface area contributed by atoms with E-state index >= 15 is 0 Å². The van der Waals surface area contributed by atoms with Crippen LogP contribution >= 0.6 is 11.6 Å². The first kappa shape index (κ1) is 14.5. The number of ether oxygens (including phenoxy) is 3. The van der Waals surface area contributed by atoms with Crippen LogP contribution in [0, 0.1) is 0 Å². The van der Waals surface area contributed by atoms with Crippen LogP contribution in [-0.2, 0) is 0 Å². The molecule has 0 aliphatic heterocycles. The molecule has 2 aromatic carbocycles. The minimum atomic E-state index is -0.314. The van der Waals surface area contributed by atoms with Crippen molar-refractivity contribution in [3.63, 3.8) is 0 Å². The average molecular weight is 293 g/mol. The number of alkyl halides is 1. The number of benzene rings is 2. The lowest BCUT2D eigenvalue weighted by Gasteiger charge is -2.18. The highest BCUT2D eigenvalue weighted by Gasteiger charge is 2.21. The Labute approximate surface area is 124 Å². The van der Waals surface area contributed by atoms with Crippen molar-refractivity contribution in [1.82, 2.24) is 0 Å². The van der Waals surface area contributed by atoms with Crippen LogP contribution < -0.4 is 14.2 Å². The van der Waals surface area contributed by atoms with Gasteiger partial charge in [0.2, 0.25) is 5.75 Å². The molecule has 4 heteroatoms. The summed E-state index contributed by atoms with van der Waals surface area (Å²) in [4.78, 5) is 0. The van der Waals surface area contributed by atoms with Crippen molar-refractivity contribution < 1.29 is 14.2 Å². The van der Waals surface area contributed by atoms with Gasteiger partial charge in [0, 0.05) is 5.56 Å². The molecule has 0 aliphatic rings. The molecular weight excluding hydrogens is 276 g/mol. The SMILES string of the molecule is COc1ccc(C(Cl)c2ccccc2)c(OC)c1OC. The second-order valence-corrected chi connectivity index (χ2v) is 4.63. The van der Waals surface area contributed by atoms with E-state index in [0.29, 0.717) is 17.2 Å². The first-order valence-electron chi connectivity index (χ1n) is 6.20. The van der Waals surface area contributed by atoms with Crippen molar-refractivity contribution >= 4 is 11.6 Å². The van der Waals surface area contributed by atoms with E-state index in [9.17, 15) is 0 Å². The lowest BCUT2D eigenvalue weighted by Crippen LogP contribution is -2.01. The predicted molar refractivity (Wildman–Crippen MR) is 80.2 cm³/mol. The van der Waals surface area contributed by atoms with Crippen molar-refractivity contribution in [1.29, 1.82) is 0 Å². The Bertz CT molecular complexity index is 569. The fourth-order valence-corrected chi connectivity index (χ4v) is 2.44. The van der Waals surface area contributed by atoms with Gasteiger partial charge in [-0.25, -0.2) is 0 Å². The third-order valence-corrected chi connectivity index (χ3v) is 3.59. The van der Waals surface area contributed by atoms with Crippen molar-refractivity contribution in [2.75, 3.05) is 21.3 Å². The second-order valence-electron chi connectivity index (χ2n) is 4.20. The van der Waals surface area contributed by atoms with E-state index in [1.165, 1.54) is 0 Å². The van der Waals surface area contributed by atoms with Crippen LogP contribution in [0.3, 0.4) is 0 Å². The summed E-state index contributed by atoms with van der Waals surface area (Å²) in [6.45, 7) is 0. The molecule has 20 heavy (non-hydrogen) atoms. The van der Waals surface area contributed by atoms with Crippen LogP contribution in [0.2, 0.25) is 0 Å². The fraction of sp³-hybridized carbons (Fsp3) is 0.250. The zero-order chi connectivity index (χ0) is 14.5. The summed E-state index contributed by atoms with van der Waals surface area (Å²) >= 11 is 6.56. The summed E-state index contributed by atoms with van der Waals surface area (Å²) in [5.74, 6) is 1.76. The molecule has 2 aromatic rings. The zero-order valence-electron chi connectivity index (χ0n) is 11.7. The number of methoxy groups -OCH3 is 3. The number of hydrogen-bond donors (Lipinski definition) is 0.